The number of aromatic nitrogens is 1. The molecule has 1 fully saturated rings. The van der Waals surface area contributed by atoms with Gasteiger partial charge in [-0.05, 0) is 37.8 Å². The van der Waals surface area contributed by atoms with Gasteiger partial charge in [-0.3, -0.25) is 14.2 Å². The van der Waals surface area contributed by atoms with Crippen LogP contribution >= 0.6 is 0 Å². The minimum absolute atomic E-state index is 0.0448. The summed E-state index contributed by atoms with van der Waals surface area (Å²) in [7, 11) is 0. The minimum Gasteiger partial charge on any atom is -0.378 e. The molecule has 0 radical (unpaired) electrons. The van der Waals surface area contributed by atoms with Gasteiger partial charge in [-0.15, -0.1) is 0 Å². The van der Waals surface area contributed by atoms with E-state index in [4.69, 9.17) is 4.74 Å². The Hall–Kier alpha value is -2.14. The third-order valence-electron chi connectivity index (χ3n) is 4.83. The van der Waals surface area contributed by atoms with Crippen molar-refractivity contribution in [3.63, 3.8) is 0 Å². The normalized spacial score (nSPS) is 14.9. The van der Waals surface area contributed by atoms with E-state index in [0.29, 0.717) is 19.3 Å². The first-order chi connectivity index (χ1) is 12.1. The third kappa shape index (κ3) is 4.48. The number of carbonyl (C=O) groups is 1. The van der Waals surface area contributed by atoms with Crippen LogP contribution in [-0.4, -0.2) is 29.7 Å². The van der Waals surface area contributed by atoms with Crippen molar-refractivity contribution in [2.75, 3.05) is 13.2 Å². The highest BCUT2D eigenvalue weighted by atomic mass is 16.5. The van der Waals surface area contributed by atoms with Crippen LogP contribution in [0.3, 0.4) is 0 Å². The topological polar surface area (TPSA) is 60.3 Å². The lowest BCUT2D eigenvalue weighted by atomic mass is 10.1. The number of hydrogen-bond acceptors (Lipinski definition) is 3. The maximum Gasteiger partial charge on any atom is 0.251 e. The molecule has 0 spiro atoms. The number of carbonyl (C=O) groups excluding carboxylic acids is 1. The molecular formula is C20H26N2O3. The second-order valence-electron chi connectivity index (χ2n) is 6.75. The van der Waals surface area contributed by atoms with Crippen molar-refractivity contribution in [3.05, 3.63) is 46.2 Å². The molecule has 1 amide bonds. The van der Waals surface area contributed by atoms with Gasteiger partial charge in [-0.2, -0.15) is 0 Å². The van der Waals surface area contributed by atoms with Gasteiger partial charge in [0.2, 0.25) is 5.91 Å². The number of fused-ring (bicyclic) bond motifs is 1. The molecule has 5 heteroatoms. The summed E-state index contributed by atoms with van der Waals surface area (Å²) in [6, 6.07) is 9.26. The SMILES string of the molecule is Cc1cc(=O)n(CC(=O)NCCCOC2CCCC2)c2ccccc12. The summed E-state index contributed by atoms with van der Waals surface area (Å²) in [5, 5.41) is 3.88. The molecule has 2 aromatic rings. The van der Waals surface area contributed by atoms with E-state index in [9.17, 15) is 9.59 Å². The van der Waals surface area contributed by atoms with Crippen molar-refractivity contribution in [2.24, 2.45) is 0 Å². The van der Waals surface area contributed by atoms with E-state index in [-0.39, 0.29) is 18.0 Å². The molecule has 1 aromatic carbocycles. The molecule has 0 saturated heterocycles. The molecule has 0 aliphatic heterocycles. The molecule has 1 heterocycles. The van der Waals surface area contributed by atoms with Crippen molar-refractivity contribution in [1.29, 1.82) is 0 Å². The highest BCUT2D eigenvalue weighted by molar-refractivity contribution is 5.84. The van der Waals surface area contributed by atoms with E-state index in [1.807, 2.05) is 31.2 Å². The number of ether oxygens (including phenoxy) is 1. The van der Waals surface area contributed by atoms with Crippen molar-refractivity contribution < 1.29 is 9.53 Å². The Labute approximate surface area is 148 Å². The molecule has 134 valence electrons. The Kier molecular flexibility index (Phi) is 5.87. The molecule has 0 atom stereocenters. The highest BCUT2D eigenvalue weighted by Gasteiger charge is 2.14. The van der Waals surface area contributed by atoms with Gasteiger partial charge in [-0.1, -0.05) is 31.0 Å². The number of para-hydroxylation sites is 1. The number of nitrogens with zero attached hydrogens (tertiary/aromatic N) is 1. The summed E-state index contributed by atoms with van der Waals surface area (Å²) < 4.78 is 7.32. The molecule has 1 aromatic heterocycles. The van der Waals surface area contributed by atoms with Crippen molar-refractivity contribution in [1.82, 2.24) is 9.88 Å². The van der Waals surface area contributed by atoms with Crippen LogP contribution in [-0.2, 0) is 16.1 Å². The molecule has 1 saturated carbocycles. The quantitative estimate of drug-likeness (QED) is 0.787. The average molecular weight is 342 g/mol. The lowest BCUT2D eigenvalue weighted by Crippen LogP contribution is -2.33. The Bertz CT molecular complexity index is 791. The molecular weight excluding hydrogens is 316 g/mol. The zero-order valence-electron chi connectivity index (χ0n) is 14.8. The maximum atomic E-state index is 12.3. The van der Waals surface area contributed by atoms with Crippen LogP contribution in [0.2, 0.25) is 0 Å². The summed E-state index contributed by atoms with van der Waals surface area (Å²) in [6.07, 6.45) is 6.06. The first-order valence-electron chi connectivity index (χ1n) is 9.12. The summed E-state index contributed by atoms with van der Waals surface area (Å²) in [5.74, 6) is -0.142. The number of benzene rings is 1. The Morgan fingerprint density at radius 1 is 1.28 bits per heavy atom. The summed E-state index contributed by atoms with van der Waals surface area (Å²) in [6.45, 7) is 3.21. The number of rotatable bonds is 7. The van der Waals surface area contributed by atoms with E-state index in [2.05, 4.69) is 5.32 Å². The first-order valence-corrected chi connectivity index (χ1v) is 9.12. The Morgan fingerprint density at radius 2 is 2.04 bits per heavy atom. The summed E-state index contributed by atoms with van der Waals surface area (Å²) in [5.41, 5.74) is 1.59. The fraction of sp³-hybridized carbons (Fsp3) is 0.500. The van der Waals surface area contributed by atoms with Gasteiger partial charge in [0.15, 0.2) is 0 Å². The molecule has 1 aliphatic rings. The zero-order valence-corrected chi connectivity index (χ0v) is 14.8. The monoisotopic (exact) mass is 342 g/mol. The largest absolute Gasteiger partial charge is 0.378 e. The Balaban J connectivity index is 1.52. The lowest BCUT2D eigenvalue weighted by Gasteiger charge is -2.13. The number of amides is 1. The van der Waals surface area contributed by atoms with Crippen LogP contribution in [0.4, 0.5) is 0 Å². The van der Waals surface area contributed by atoms with Gasteiger partial charge in [0.1, 0.15) is 6.54 Å². The predicted molar refractivity (Wildman–Crippen MR) is 98.8 cm³/mol. The van der Waals surface area contributed by atoms with E-state index in [1.54, 1.807) is 6.07 Å². The van der Waals surface area contributed by atoms with Crippen LogP contribution in [0.15, 0.2) is 35.1 Å². The van der Waals surface area contributed by atoms with Gasteiger partial charge in [0.25, 0.3) is 5.56 Å². The second-order valence-corrected chi connectivity index (χ2v) is 6.75. The molecule has 1 aliphatic carbocycles. The molecule has 0 bridgehead atoms. The highest BCUT2D eigenvalue weighted by Crippen LogP contribution is 2.20. The van der Waals surface area contributed by atoms with Crippen molar-refractivity contribution >= 4 is 16.8 Å². The maximum absolute atomic E-state index is 12.3. The minimum atomic E-state index is -0.143. The Morgan fingerprint density at radius 3 is 2.84 bits per heavy atom. The van der Waals surface area contributed by atoms with Gasteiger partial charge >= 0.3 is 0 Å². The fourth-order valence-electron chi connectivity index (χ4n) is 3.47. The van der Waals surface area contributed by atoms with Crippen molar-refractivity contribution in [3.8, 4) is 0 Å². The van der Waals surface area contributed by atoms with Gasteiger partial charge < -0.3 is 10.1 Å². The number of nitrogens with one attached hydrogen (secondary N) is 1. The van der Waals surface area contributed by atoms with Gasteiger partial charge in [-0.25, -0.2) is 0 Å². The lowest BCUT2D eigenvalue weighted by molar-refractivity contribution is -0.121. The summed E-state index contributed by atoms with van der Waals surface area (Å²) >= 11 is 0. The second kappa shape index (κ2) is 8.30. The molecule has 3 rings (SSSR count). The zero-order chi connectivity index (χ0) is 17.6. The van der Waals surface area contributed by atoms with Crippen molar-refractivity contribution in [2.45, 2.75) is 51.7 Å². The molecule has 5 nitrogen and oxygen atoms in total. The smallest absolute Gasteiger partial charge is 0.251 e. The van der Waals surface area contributed by atoms with E-state index >= 15 is 0 Å². The predicted octanol–water partition coefficient (Wildman–Crippen LogP) is 2.78. The van der Waals surface area contributed by atoms with Gasteiger partial charge in [0.05, 0.1) is 11.6 Å². The van der Waals surface area contributed by atoms with Gasteiger partial charge in [0, 0.05) is 24.6 Å². The third-order valence-corrected chi connectivity index (χ3v) is 4.83. The molecule has 25 heavy (non-hydrogen) atoms. The molecule has 1 N–H and O–H groups in total. The van der Waals surface area contributed by atoms with E-state index < -0.39 is 0 Å². The molecule has 0 unspecified atom stereocenters. The van der Waals surface area contributed by atoms with E-state index in [1.165, 1.54) is 17.4 Å². The van der Waals surface area contributed by atoms with E-state index in [0.717, 1.165) is 35.7 Å². The fourth-order valence-corrected chi connectivity index (χ4v) is 3.47. The number of aryl methyl sites for hydroxylation is 1. The summed E-state index contributed by atoms with van der Waals surface area (Å²) in [4.78, 5) is 24.5. The number of hydrogen-bond donors (Lipinski definition) is 1. The van der Waals surface area contributed by atoms with Crippen LogP contribution in [0.5, 0.6) is 0 Å². The van der Waals surface area contributed by atoms with Crippen LogP contribution in [0.25, 0.3) is 10.9 Å². The number of pyridine rings is 1. The van der Waals surface area contributed by atoms with Crippen LogP contribution < -0.4 is 10.9 Å². The average Bonchev–Trinajstić information content (AvgIpc) is 3.12. The van der Waals surface area contributed by atoms with Crippen LogP contribution in [0.1, 0.15) is 37.7 Å². The first kappa shape index (κ1) is 17.7. The van der Waals surface area contributed by atoms with Crippen LogP contribution in [0, 0.1) is 6.92 Å². The standard InChI is InChI=1S/C20H26N2O3/c1-15-13-20(24)22(18-10-5-4-9-17(15)18)14-19(23)21-11-6-12-25-16-7-2-3-8-16/h4-5,9-10,13,16H,2-3,6-8,11-12,14H2,1H3,(H,21,23).